The van der Waals surface area contributed by atoms with E-state index < -0.39 is 5.97 Å². The number of halogens is 1. The number of nitrogens with zero attached hydrogens (tertiary/aromatic N) is 2. The van der Waals surface area contributed by atoms with Crippen molar-refractivity contribution in [2.24, 2.45) is 0 Å². The van der Waals surface area contributed by atoms with Crippen LogP contribution in [0, 0.1) is 25.2 Å². The summed E-state index contributed by atoms with van der Waals surface area (Å²) in [5, 5.41) is 8.80. The Balaban J connectivity index is 1.74. The fraction of sp³-hybridized carbons (Fsp3) is 0.136. The molecule has 0 aliphatic carbocycles. The van der Waals surface area contributed by atoms with E-state index in [1.807, 2.05) is 48.7 Å². The number of hydrogen-bond donors (Lipinski definition) is 0. The highest BCUT2D eigenvalue weighted by atomic mass is 79.9. The van der Waals surface area contributed by atoms with Gasteiger partial charge in [0.15, 0.2) is 6.61 Å². The lowest BCUT2D eigenvalue weighted by atomic mass is 10.1. The van der Waals surface area contributed by atoms with Gasteiger partial charge in [-0.25, -0.2) is 4.79 Å². The molecular weight excluding hydrogens is 420 g/mol. The van der Waals surface area contributed by atoms with Crippen LogP contribution in [0.3, 0.4) is 0 Å². The zero-order chi connectivity index (χ0) is 20.3. The summed E-state index contributed by atoms with van der Waals surface area (Å²) in [6.45, 7) is 3.45. The molecule has 3 rings (SSSR count). The number of nitriles is 1. The van der Waals surface area contributed by atoms with Crippen LogP contribution in [0.15, 0.2) is 59.1 Å². The van der Waals surface area contributed by atoms with Crippen molar-refractivity contribution in [3.63, 3.8) is 0 Å². The van der Waals surface area contributed by atoms with Gasteiger partial charge in [-0.2, -0.15) is 5.26 Å². The van der Waals surface area contributed by atoms with Crippen LogP contribution < -0.4 is 0 Å². The molecule has 0 aliphatic rings. The van der Waals surface area contributed by atoms with Gasteiger partial charge in [-0.3, -0.25) is 4.79 Å². The lowest BCUT2D eigenvalue weighted by Gasteiger charge is -2.10. The Morgan fingerprint density at radius 3 is 2.32 bits per heavy atom. The number of aromatic nitrogens is 1. The molecular formula is C22H17BrN2O3. The van der Waals surface area contributed by atoms with Crippen LogP contribution >= 0.6 is 15.9 Å². The van der Waals surface area contributed by atoms with Crippen molar-refractivity contribution in [2.75, 3.05) is 6.61 Å². The average molecular weight is 437 g/mol. The van der Waals surface area contributed by atoms with Gasteiger partial charge in [-0.05, 0) is 68.4 Å². The van der Waals surface area contributed by atoms with E-state index in [1.165, 1.54) is 24.3 Å². The predicted molar refractivity (Wildman–Crippen MR) is 109 cm³/mol. The smallest absolute Gasteiger partial charge is 0.338 e. The molecule has 0 radical (unpaired) electrons. The lowest BCUT2D eigenvalue weighted by molar-refractivity contribution is 0.0474. The van der Waals surface area contributed by atoms with Gasteiger partial charge in [0.25, 0.3) is 0 Å². The van der Waals surface area contributed by atoms with Crippen molar-refractivity contribution in [2.45, 2.75) is 13.8 Å². The molecule has 0 amide bonds. The van der Waals surface area contributed by atoms with Crippen molar-refractivity contribution < 1.29 is 14.3 Å². The Bertz CT molecular complexity index is 1070. The van der Waals surface area contributed by atoms with Crippen LogP contribution in [0.25, 0.3) is 5.69 Å². The molecule has 0 spiro atoms. The minimum atomic E-state index is -0.598. The highest BCUT2D eigenvalue weighted by Crippen LogP contribution is 2.23. The summed E-state index contributed by atoms with van der Waals surface area (Å²) in [7, 11) is 0. The number of ketones is 1. The standard InChI is InChI=1S/C22H17BrN2O3/c1-14-11-20(15(2)25(14)19-9-7-18(23)8-10-19)21(26)13-28-22(27)17-5-3-16(12-24)4-6-17/h3-11H,13H2,1-2H3. The van der Waals surface area contributed by atoms with E-state index in [9.17, 15) is 9.59 Å². The molecule has 0 bridgehead atoms. The number of Topliss-reactive ketones (excluding diaryl/α,β-unsaturated/α-hetero) is 1. The van der Waals surface area contributed by atoms with Crippen molar-refractivity contribution >= 4 is 27.7 Å². The monoisotopic (exact) mass is 436 g/mol. The number of rotatable bonds is 5. The van der Waals surface area contributed by atoms with E-state index in [0.717, 1.165) is 21.5 Å². The molecule has 0 unspecified atom stereocenters. The van der Waals surface area contributed by atoms with Crippen molar-refractivity contribution in [3.05, 3.63) is 87.1 Å². The van der Waals surface area contributed by atoms with Gasteiger partial charge in [0, 0.05) is 27.1 Å². The van der Waals surface area contributed by atoms with E-state index in [1.54, 1.807) is 6.07 Å². The maximum atomic E-state index is 12.6. The molecule has 0 saturated heterocycles. The van der Waals surface area contributed by atoms with E-state index in [-0.39, 0.29) is 12.4 Å². The first kappa shape index (κ1) is 19.6. The van der Waals surface area contributed by atoms with E-state index in [4.69, 9.17) is 10.00 Å². The first-order chi connectivity index (χ1) is 13.4. The summed E-state index contributed by atoms with van der Waals surface area (Å²) in [6, 6.07) is 17.7. The molecule has 3 aromatic rings. The Kier molecular flexibility index (Phi) is 5.76. The van der Waals surface area contributed by atoms with Gasteiger partial charge in [0.05, 0.1) is 17.2 Å². The summed E-state index contributed by atoms with van der Waals surface area (Å²) in [6.07, 6.45) is 0. The van der Waals surface area contributed by atoms with Crippen molar-refractivity contribution in [1.82, 2.24) is 4.57 Å². The number of ether oxygens (including phenoxy) is 1. The summed E-state index contributed by atoms with van der Waals surface area (Å²) >= 11 is 3.42. The molecule has 1 heterocycles. The summed E-state index contributed by atoms with van der Waals surface area (Å²) in [5.74, 6) is -0.863. The normalized spacial score (nSPS) is 10.4. The van der Waals surface area contributed by atoms with Crippen molar-refractivity contribution in [3.8, 4) is 11.8 Å². The molecule has 0 N–H and O–H groups in total. The van der Waals surface area contributed by atoms with Gasteiger partial charge in [0.1, 0.15) is 0 Å². The maximum absolute atomic E-state index is 12.6. The van der Waals surface area contributed by atoms with Gasteiger partial charge >= 0.3 is 5.97 Å². The molecule has 28 heavy (non-hydrogen) atoms. The predicted octanol–water partition coefficient (Wildman–Crippen LogP) is 4.77. The molecule has 0 fully saturated rings. The number of carbonyl (C=O) groups is 2. The van der Waals surface area contributed by atoms with Gasteiger partial charge in [-0.15, -0.1) is 0 Å². The van der Waals surface area contributed by atoms with Crippen LogP contribution in [0.4, 0.5) is 0 Å². The van der Waals surface area contributed by atoms with Gasteiger partial charge in [-0.1, -0.05) is 15.9 Å². The van der Waals surface area contributed by atoms with Crippen LogP contribution in [0.5, 0.6) is 0 Å². The number of aryl methyl sites for hydroxylation is 1. The lowest BCUT2D eigenvalue weighted by Crippen LogP contribution is -2.15. The number of carbonyl (C=O) groups excluding carboxylic acids is 2. The second-order valence-corrected chi connectivity index (χ2v) is 7.20. The fourth-order valence-corrected chi connectivity index (χ4v) is 3.27. The second kappa shape index (κ2) is 8.24. The SMILES string of the molecule is Cc1cc(C(=O)COC(=O)c2ccc(C#N)cc2)c(C)n1-c1ccc(Br)cc1. The number of benzene rings is 2. The minimum Gasteiger partial charge on any atom is -0.454 e. The van der Waals surface area contributed by atoms with Gasteiger partial charge in [0.2, 0.25) is 5.78 Å². The molecule has 5 nitrogen and oxygen atoms in total. The highest BCUT2D eigenvalue weighted by Gasteiger charge is 2.18. The van der Waals surface area contributed by atoms with Crippen molar-refractivity contribution in [1.29, 1.82) is 5.26 Å². The third kappa shape index (κ3) is 4.05. The van der Waals surface area contributed by atoms with Gasteiger partial charge < -0.3 is 9.30 Å². The average Bonchev–Trinajstić information content (AvgIpc) is 3.01. The first-order valence-electron chi connectivity index (χ1n) is 8.56. The molecule has 2 aromatic carbocycles. The van der Waals surface area contributed by atoms with Crippen LogP contribution in [-0.2, 0) is 4.74 Å². The Morgan fingerprint density at radius 2 is 1.71 bits per heavy atom. The molecule has 0 saturated carbocycles. The topological polar surface area (TPSA) is 72.1 Å². The van der Waals surface area contributed by atoms with E-state index in [2.05, 4.69) is 15.9 Å². The zero-order valence-corrected chi connectivity index (χ0v) is 17.0. The quantitative estimate of drug-likeness (QED) is 0.426. The largest absolute Gasteiger partial charge is 0.454 e. The Labute approximate surface area is 171 Å². The minimum absolute atomic E-state index is 0.265. The maximum Gasteiger partial charge on any atom is 0.338 e. The highest BCUT2D eigenvalue weighted by molar-refractivity contribution is 9.10. The molecule has 0 atom stereocenters. The Morgan fingerprint density at radius 1 is 1.07 bits per heavy atom. The molecule has 6 heteroatoms. The number of hydrogen-bond acceptors (Lipinski definition) is 4. The zero-order valence-electron chi connectivity index (χ0n) is 15.4. The summed E-state index contributed by atoms with van der Waals surface area (Å²) in [5.41, 5.74) is 3.93. The molecule has 1 aromatic heterocycles. The summed E-state index contributed by atoms with van der Waals surface area (Å²) in [4.78, 5) is 24.7. The number of esters is 1. The second-order valence-electron chi connectivity index (χ2n) is 6.29. The van der Waals surface area contributed by atoms with E-state index in [0.29, 0.717) is 16.7 Å². The van der Waals surface area contributed by atoms with Crippen LogP contribution in [0.2, 0.25) is 0 Å². The fourth-order valence-electron chi connectivity index (χ4n) is 3.01. The molecule has 0 aliphatic heterocycles. The third-order valence-electron chi connectivity index (χ3n) is 4.40. The third-order valence-corrected chi connectivity index (χ3v) is 4.93. The molecule has 140 valence electrons. The van der Waals surface area contributed by atoms with Crippen LogP contribution in [-0.4, -0.2) is 22.9 Å². The van der Waals surface area contributed by atoms with Crippen LogP contribution in [0.1, 0.15) is 37.7 Å². The Hall–Kier alpha value is -3.17. The first-order valence-corrected chi connectivity index (χ1v) is 9.35. The van der Waals surface area contributed by atoms with E-state index >= 15 is 0 Å². The summed E-state index contributed by atoms with van der Waals surface area (Å²) < 4.78 is 8.12.